The van der Waals surface area contributed by atoms with Gasteiger partial charge in [0.05, 0.1) is 22.7 Å². The van der Waals surface area contributed by atoms with Crippen LogP contribution in [0.3, 0.4) is 0 Å². The van der Waals surface area contributed by atoms with Crippen molar-refractivity contribution in [2.75, 3.05) is 5.32 Å². The Bertz CT molecular complexity index is 1210. The Kier molecular flexibility index (Phi) is 6.01. The lowest BCUT2D eigenvalue weighted by molar-refractivity contribution is -0.384. The van der Waals surface area contributed by atoms with Gasteiger partial charge >= 0.3 is 0 Å². The number of carbonyl (C=O) groups is 1. The summed E-state index contributed by atoms with van der Waals surface area (Å²) in [5.41, 5.74) is 3.93. The van der Waals surface area contributed by atoms with E-state index in [1.807, 2.05) is 42.2 Å². The molecular weight excluding hydrogens is 428 g/mol. The number of nitro groups is 1. The lowest BCUT2D eigenvalue weighted by Gasteiger charge is -2.36. The van der Waals surface area contributed by atoms with E-state index in [0.29, 0.717) is 11.3 Å². The van der Waals surface area contributed by atoms with Crippen LogP contribution in [0, 0.1) is 10.1 Å². The second-order valence-corrected chi connectivity index (χ2v) is 9.16. The van der Waals surface area contributed by atoms with E-state index >= 15 is 0 Å². The van der Waals surface area contributed by atoms with E-state index in [1.54, 1.807) is 18.3 Å². The van der Waals surface area contributed by atoms with Crippen molar-refractivity contribution in [3.05, 3.63) is 99.4 Å². The summed E-state index contributed by atoms with van der Waals surface area (Å²) in [5.74, 6) is -0.128. The minimum atomic E-state index is -0.429. The van der Waals surface area contributed by atoms with Gasteiger partial charge in [0, 0.05) is 23.9 Å². The summed E-state index contributed by atoms with van der Waals surface area (Å²) in [6, 6.07) is 18.7. The van der Waals surface area contributed by atoms with Gasteiger partial charge in [-0.1, -0.05) is 30.3 Å². The summed E-state index contributed by atoms with van der Waals surface area (Å²) in [6.07, 6.45) is 6.63. The zero-order valence-electron chi connectivity index (χ0n) is 19.2. The molecule has 2 aromatic carbocycles. The minimum Gasteiger partial charge on any atom is -0.371 e. The zero-order chi connectivity index (χ0) is 23.7. The maximum atomic E-state index is 13.7. The van der Waals surface area contributed by atoms with Gasteiger partial charge in [0.2, 0.25) is 0 Å². The van der Waals surface area contributed by atoms with Gasteiger partial charge in [0.1, 0.15) is 5.69 Å². The van der Waals surface area contributed by atoms with Gasteiger partial charge < -0.3 is 10.2 Å². The predicted molar refractivity (Wildman–Crippen MR) is 131 cm³/mol. The molecular formula is C27H28N4O3. The number of nitrogens with one attached hydrogen (secondary N) is 1. The molecule has 1 saturated carbocycles. The number of aromatic nitrogens is 1. The van der Waals surface area contributed by atoms with Crippen molar-refractivity contribution < 1.29 is 9.72 Å². The molecule has 0 radical (unpaired) electrons. The van der Waals surface area contributed by atoms with Crippen LogP contribution < -0.4 is 5.32 Å². The molecule has 2 unspecified atom stereocenters. The molecule has 1 amide bonds. The molecule has 5 rings (SSSR count). The average molecular weight is 457 g/mol. The van der Waals surface area contributed by atoms with Gasteiger partial charge in [0.15, 0.2) is 0 Å². The topological polar surface area (TPSA) is 88.4 Å². The molecule has 7 heteroatoms. The van der Waals surface area contributed by atoms with E-state index in [9.17, 15) is 14.9 Å². The molecule has 2 aliphatic carbocycles. The van der Waals surface area contributed by atoms with Crippen LogP contribution >= 0.6 is 0 Å². The van der Waals surface area contributed by atoms with Crippen LogP contribution in [0.1, 0.15) is 71.9 Å². The lowest BCUT2D eigenvalue weighted by atomic mass is 9.86. The first-order valence-corrected chi connectivity index (χ1v) is 11.9. The highest BCUT2D eigenvalue weighted by Crippen LogP contribution is 2.42. The monoisotopic (exact) mass is 456 g/mol. The standard InChI is InChI=1S/C27H28N4O3/c1-18(23-10-4-5-16-28-23)29-24-15-12-20(17-26(24)31(33)34)27(32)30(21-13-14-21)25-11-6-8-19-7-2-3-9-22(19)25/h2-5,7,9-10,12,15-18,21,25,29H,6,8,11,13-14H2,1H3. The van der Waals surface area contributed by atoms with E-state index in [4.69, 9.17) is 0 Å². The fourth-order valence-corrected chi connectivity index (χ4v) is 4.96. The Morgan fingerprint density at radius 1 is 1.12 bits per heavy atom. The highest BCUT2D eigenvalue weighted by Gasteiger charge is 2.40. The molecule has 174 valence electrons. The van der Waals surface area contributed by atoms with Crippen molar-refractivity contribution in [3.8, 4) is 0 Å². The summed E-state index contributed by atoms with van der Waals surface area (Å²) in [7, 11) is 0. The van der Waals surface area contributed by atoms with Gasteiger partial charge in [-0.2, -0.15) is 0 Å². The summed E-state index contributed by atoms with van der Waals surface area (Å²) in [4.78, 5) is 31.5. The van der Waals surface area contributed by atoms with Gasteiger partial charge in [-0.25, -0.2) is 0 Å². The Morgan fingerprint density at radius 2 is 1.91 bits per heavy atom. The third kappa shape index (κ3) is 4.38. The van der Waals surface area contributed by atoms with E-state index < -0.39 is 4.92 Å². The van der Waals surface area contributed by atoms with Crippen molar-refractivity contribution in [2.24, 2.45) is 0 Å². The smallest absolute Gasteiger partial charge is 0.293 e. The highest BCUT2D eigenvalue weighted by atomic mass is 16.6. The molecule has 2 atom stereocenters. The largest absolute Gasteiger partial charge is 0.371 e. The molecule has 34 heavy (non-hydrogen) atoms. The van der Waals surface area contributed by atoms with Crippen LogP contribution in [0.15, 0.2) is 66.9 Å². The molecule has 1 fully saturated rings. The van der Waals surface area contributed by atoms with Crippen LogP contribution in [0.5, 0.6) is 0 Å². The molecule has 1 N–H and O–H groups in total. The first kappa shape index (κ1) is 22.1. The normalized spacial score (nSPS) is 18.0. The number of nitrogens with zero attached hydrogens (tertiary/aromatic N) is 3. The zero-order valence-corrected chi connectivity index (χ0v) is 19.2. The molecule has 2 aliphatic rings. The number of aryl methyl sites for hydroxylation is 1. The number of carbonyl (C=O) groups excluding carboxylic acids is 1. The third-order valence-corrected chi connectivity index (χ3v) is 6.79. The molecule has 0 aliphatic heterocycles. The van der Waals surface area contributed by atoms with Gasteiger partial charge in [-0.05, 0) is 74.4 Å². The number of anilines is 1. The number of benzene rings is 2. The number of nitro benzene ring substituents is 1. The molecule has 7 nitrogen and oxygen atoms in total. The van der Waals surface area contributed by atoms with Crippen molar-refractivity contribution in [1.29, 1.82) is 0 Å². The first-order chi connectivity index (χ1) is 16.5. The number of hydrogen-bond acceptors (Lipinski definition) is 5. The third-order valence-electron chi connectivity index (χ3n) is 6.79. The van der Waals surface area contributed by atoms with Crippen molar-refractivity contribution in [1.82, 2.24) is 9.88 Å². The lowest BCUT2D eigenvalue weighted by Crippen LogP contribution is -2.38. The summed E-state index contributed by atoms with van der Waals surface area (Å²) >= 11 is 0. The number of pyridine rings is 1. The Hall–Kier alpha value is -3.74. The molecule has 1 aromatic heterocycles. The van der Waals surface area contributed by atoms with Gasteiger partial charge in [-0.15, -0.1) is 0 Å². The number of fused-ring (bicyclic) bond motifs is 1. The maximum Gasteiger partial charge on any atom is 0.293 e. The fraction of sp³-hybridized carbons (Fsp3) is 0.333. The van der Waals surface area contributed by atoms with E-state index in [0.717, 1.165) is 37.8 Å². The number of hydrogen-bond donors (Lipinski definition) is 1. The quantitative estimate of drug-likeness (QED) is 0.356. The Balaban J connectivity index is 1.44. The Morgan fingerprint density at radius 3 is 2.65 bits per heavy atom. The second kappa shape index (κ2) is 9.25. The van der Waals surface area contributed by atoms with Crippen LogP contribution in [0.4, 0.5) is 11.4 Å². The average Bonchev–Trinajstić information content (AvgIpc) is 3.70. The fourth-order valence-electron chi connectivity index (χ4n) is 4.96. The highest BCUT2D eigenvalue weighted by molar-refractivity contribution is 5.96. The van der Waals surface area contributed by atoms with E-state index in [1.165, 1.54) is 17.2 Å². The van der Waals surface area contributed by atoms with Crippen molar-refractivity contribution in [3.63, 3.8) is 0 Å². The van der Waals surface area contributed by atoms with Crippen molar-refractivity contribution in [2.45, 2.75) is 57.2 Å². The molecule has 0 bridgehead atoms. The Labute approximate surface area is 199 Å². The molecule has 1 heterocycles. The second-order valence-electron chi connectivity index (χ2n) is 9.16. The molecule has 3 aromatic rings. The van der Waals surface area contributed by atoms with Crippen LogP contribution in [-0.2, 0) is 6.42 Å². The van der Waals surface area contributed by atoms with Crippen LogP contribution in [-0.4, -0.2) is 26.8 Å². The van der Waals surface area contributed by atoms with Gasteiger partial charge in [-0.3, -0.25) is 19.9 Å². The summed E-state index contributed by atoms with van der Waals surface area (Å²) < 4.78 is 0. The first-order valence-electron chi connectivity index (χ1n) is 11.9. The number of amides is 1. The van der Waals surface area contributed by atoms with Crippen molar-refractivity contribution >= 4 is 17.3 Å². The minimum absolute atomic E-state index is 0.0194. The SMILES string of the molecule is CC(Nc1ccc(C(=O)N(C2CC2)C2CCCc3ccccc32)cc1[N+](=O)[O-])c1ccccn1. The van der Waals surface area contributed by atoms with Crippen LogP contribution in [0.2, 0.25) is 0 Å². The molecule has 0 spiro atoms. The van der Waals surface area contributed by atoms with Crippen LogP contribution in [0.25, 0.3) is 0 Å². The predicted octanol–water partition coefficient (Wildman–Crippen LogP) is 5.85. The van der Waals surface area contributed by atoms with E-state index in [-0.39, 0.29) is 29.7 Å². The summed E-state index contributed by atoms with van der Waals surface area (Å²) in [6.45, 7) is 1.90. The number of rotatable bonds is 7. The maximum absolute atomic E-state index is 13.7. The molecule has 0 saturated heterocycles. The van der Waals surface area contributed by atoms with Gasteiger partial charge in [0.25, 0.3) is 11.6 Å². The van der Waals surface area contributed by atoms with E-state index in [2.05, 4.69) is 22.4 Å². The summed E-state index contributed by atoms with van der Waals surface area (Å²) in [5, 5.41) is 15.1.